The second-order valence-corrected chi connectivity index (χ2v) is 10.9. The van der Waals surface area contributed by atoms with Gasteiger partial charge in [-0.25, -0.2) is 13.9 Å². The Bertz CT molecular complexity index is 1220. The Morgan fingerprint density at radius 3 is 2.46 bits per heavy atom. The van der Waals surface area contributed by atoms with Crippen LogP contribution in [0.1, 0.15) is 22.8 Å². The van der Waals surface area contributed by atoms with Gasteiger partial charge in [0.05, 0.1) is 22.8 Å². The van der Waals surface area contributed by atoms with E-state index in [1.807, 2.05) is 11.9 Å². The molecule has 0 atom stereocenters. The van der Waals surface area contributed by atoms with Crippen LogP contribution >= 0.6 is 15.9 Å². The number of nitrogens with zero attached hydrogens (tertiary/aromatic N) is 3. The number of likely N-dealkylation sites (N-methyl/N-ethyl adjacent to an activating group) is 1. The molecule has 0 saturated carbocycles. The summed E-state index contributed by atoms with van der Waals surface area (Å²) >= 11 is 3.36. The minimum Gasteiger partial charge on any atom is -0.481 e. The second kappa shape index (κ2) is 11.9. The Labute approximate surface area is 214 Å². The summed E-state index contributed by atoms with van der Waals surface area (Å²) in [5.74, 6) is 5.23. The highest BCUT2D eigenvalue weighted by Crippen LogP contribution is 2.34. The highest BCUT2D eigenvalue weighted by atomic mass is 79.9. The maximum Gasteiger partial charge on any atom is 0.276 e. The normalized spacial score (nSPS) is 14.7. The van der Waals surface area contributed by atoms with Gasteiger partial charge in [-0.3, -0.25) is 19.2 Å². The van der Waals surface area contributed by atoms with Gasteiger partial charge in [-0.15, -0.1) is 5.92 Å². The number of hydroxylamine groups is 1. The molecule has 1 heterocycles. The van der Waals surface area contributed by atoms with Gasteiger partial charge in [0.15, 0.2) is 0 Å². The van der Waals surface area contributed by atoms with Crippen LogP contribution < -0.4 is 14.5 Å². The molecule has 188 valence electrons. The first-order chi connectivity index (χ1) is 16.7. The van der Waals surface area contributed by atoms with E-state index in [-0.39, 0.29) is 29.4 Å². The molecule has 0 radical (unpaired) electrons. The van der Waals surface area contributed by atoms with E-state index in [0.29, 0.717) is 28.9 Å². The quantitative estimate of drug-likeness (QED) is 0.288. The van der Waals surface area contributed by atoms with Crippen LogP contribution in [0.25, 0.3) is 0 Å². The first-order valence-electron chi connectivity index (χ1n) is 11.0. The largest absolute Gasteiger partial charge is 0.481 e. The lowest BCUT2D eigenvalue weighted by Crippen LogP contribution is -2.50. The van der Waals surface area contributed by atoms with Crippen LogP contribution in [-0.4, -0.2) is 75.8 Å². The summed E-state index contributed by atoms with van der Waals surface area (Å²) in [5.41, 5.74) is 2.44. The van der Waals surface area contributed by atoms with E-state index < -0.39 is 15.9 Å². The SMILES string of the molecule is CC#CCOc1ccc(S(=O)(=O)N(CN2CCN(C)CC2)c2c(C)cc(Br)cc2C(=O)NO)cc1. The number of sulfonamides is 1. The number of anilines is 1. The Morgan fingerprint density at radius 2 is 1.86 bits per heavy atom. The van der Waals surface area contributed by atoms with E-state index in [1.165, 1.54) is 22.5 Å². The summed E-state index contributed by atoms with van der Waals surface area (Å²) < 4.78 is 35.3. The minimum atomic E-state index is -4.09. The minimum absolute atomic E-state index is 0.0372. The van der Waals surface area contributed by atoms with Crippen molar-refractivity contribution in [2.45, 2.75) is 18.7 Å². The molecule has 1 aliphatic heterocycles. The topological polar surface area (TPSA) is 102 Å². The van der Waals surface area contributed by atoms with Crippen molar-refractivity contribution in [3.63, 3.8) is 0 Å². The molecule has 1 saturated heterocycles. The zero-order valence-electron chi connectivity index (χ0n) is 19.9. The summed E-state index contributed by atoms with van der Waals surface area (Å²) in [6, 6.07) is 9.33. The Balaban J connectivity index is 2.07. The number of nitrogens with one attached hydrogen (secondary N) is 1. The van der Waals surface area contributed by atoms with E-state index in [9.17, 15) is 18.4 Å². The van der Waals surface area contributed by atoms with Crippen molar-refractivity contribution >= 4 is 37.5 Å². The molecule has 0 bridgehead atoms. The lowest BCUT2D eigenvalue weighted by Gasteiger charge is -2.37. The number of rotatable bonds is 8. The molecule has 2 N–H and O–H groups in total. The first kappa shape index (κ1) is 27.0. The zero-order valence-corrected chi connectivity index (χ0v) is 22.3. The predicted molar refractivity (Wildman–Crippen MR) is 137 cm³/mol. The van der Waals surface area contributed by atoms with E-state index >= 15 is 0 Å². The number of benzene rings is 2. The van der Waals surface area contributed by atoms with Crippen molar-refractivity contribution in [1.29, 1.82) is 0 Å². The Morgan fingerprint density at radius 1 is 1.20 bits per heavy atom. The van der Waals surface area contributed by atoms with Crippen molar-refractivity contribution in [1.82, 2.24) is 15.3 Å². The lowest BCUT2D eigenvalue weighted by atomic mass is 10.1. The average Bonchev–Trinajstić information content (AvgIpc) is 2.83. The molecule has 0 aliphatic carbocycles. The third-order valence-corrected chi connectivity index (χ3v) is 7.89. The average molecular weight is 565 g/mol. The molecule has 0 spiro atoms. The van der Waals surface area contributed by atoms with Gasteiger partial charge in [-0.2, -0.15) is 0 Å². The third-order valence-electron chi connectivity index (χ3n) is 5.68. The standard InChI is InChI=1S/C24H29BrN4O5S/c1-4-5-14-34-20-6-8-21(9-7-20)35(32,33)29(17-28-12-10-27(3)11-13-28)23-18(2)15-19(25)16-22(23)24(30)26-31/h6-9,15-16,31H,10-14,17H2,1-3H3,(H,26,30). The van der Waals surface area contributed by atoms with Crippen molar-refractivity contribution in [2.24, 2.45) is 0 Å². The van der Waals surface area contributed by atoms with Gasteiger partial charge in [0.2, 0.25) is 0 Å². The Kier molecular flexibility index (Phi) is 9.15. The molecule has 1 fully saturated rings. The number of carbonyl (C=O) groups excluding carboxylic acids is 1. The molecule has 2 aromatic rings. The third kappa shape index (κ3) is 6.54. The highest BCUT2D eigenvalue weighted by Gasteiger charge is 2.32. The van der Waals surface area contributed by atoms with Crippen LogP contribution in [0.3, 0.4) is 0 Å². The van der Waals surface area contributed by atoms with Crippen molar-refractivity contribution < 1.29 is 23.2 Å². The molecule has 3 rings (SSSR count). The number of halogens is 1. The van der Waals surface area contributed by atoms with Gasteiger partial charge in [0.25, 0.3) is 15.9 Å². The van der Waals surface area contributed by atoms with E-state index in [0.717, 1.165) is 13.1 Å². The number of hydrogen-bond acceptors (Lipinski definition) is 7. The fourth-order valence-corrected chi connectivity index (χ4v) is 5.87. The number of amides is 1. The van der Waals surface area contributed by atoms with Crippen molar-refractivity contribution in [3.05, 3.63) is 52.0 Å². The van der Waals surface area contributed by atoms with Crippen molar-refractivity contribution in [2.75, 3.05) is 50.8 Å². The van der Waals surface area contributed by atoms with Gasteiger partial charge in [-0.05, 0) is 62.9 Å². The molecule has 0 unspecified atom stereocenters. The number of carbonyl (C=O) groups is 1. The van der Waals surface area contributed by atoms with E-state index in [2.05, 4.69) is 32.7 Å². The van der Waals surface area contributed by atoms with Crippen LogP contribution in [0.5, 0.6) is 5.75 Å². The molecule has 2 aromatic carbocycles. The maximum atomic E-state index is 14.0. The first-order valence-corrected chi connectivity index (χ1v) is 13.2. The predicted octanol–water partition coefficient (Wildman–Crippen LogP) is 2.68. The maximum absolute atomic E-state index is 14.0. The molecule has 0 aromatic heterocycles. The smallest absolute Gasteiger partial charge is 0.276 e. The van der Waals surface area contributed by atoms with Crippen LogP contribution in [0, 0.1) is 18.8 Å². The van der Waals surface area contributed by atoms with Gasteiger partial charge >= 0.3 is 0 Å². The zero-order chi connectivity index (χ0) is 25.6. The molecule has 9 nitrogen and oxygen atoms in total. The summed E-state index contributed by atoms with van der Waals surface area (Å²) in [4.78, 5) is 16.8. The van der Waals surface area contributed by atoms with Crippen LogP contribution in [-0.2, 0) is 10.0 Å². The van der Waals surface area contributed by atoms with Gasteiger partial charge in [-0.1, -0.05) is 21.9 Å². The van der Waals surface area contributed by atoms with Gasteiger partial charge < -0.3 is 9.64 Å². The monoisotopic (exact) mass is 564 g/mol. The highest BCUT2D eigenvalue weighted by molar-refractivity contribution is 9.10. The molecule has 35 heavy (non-hydrogen) atoms. The Hall–Kier alpha value is -2.62. The van der Waals surface area contributed by atoms with Crippen LogP contribution in [0.4, 0.5) is 5.69 Å². The number of aryl methyl sites for hydroxylation is 1. The molecule has 1 amide bonds. The summed E-state index contributed by atoms with van der Waals surface area (Å²) in [6.45, 7) is 6.63. The summed E-state index contributed by atoms with van der Waals surface area (Å²) in [6.07, 6.45) is 0. The number of piperazine rings is 1. The fourth-order valence-electron chi connectivity index (χ4n) is 3.76. The molecule has 11 heteroatoms. The van der Waals surface area contributed by atoms with Crippen molar-refractivity contribution in [3.8, 4) is 17.6 Å². The molecule has 1 aliphatic rings. The number of ether oxygens (including phenoxy) is 1. The second-order valence-electron chi connectivity index (χ2n) is 8.16. The van der Waals surface area contributed by atoms with E-state index in [1.54, 1.807) is 37.5 Å². The van der Waals surface area contributed by atoms with Gasteiger partial charge in [0.1, 0.15) is 12.4 Å². The lowest BCUT2D eigenvalue weighted by molar-refractivity contribution is 0.0706. The van der Waals surface area contributed by atoms with Crippen LogP contribution in [0.15, 0.2) is 45.8 Å². The van der Waals surface area contributed by atoms with E-state index in [4.69, 9.17) is 4.74 Å². The summed E-state index contributed by atoms with van der Waals surface area (Å²) in [5, 5.41) is 9.34. The number of hydrogen-bond donors (Lipinski definition) is 2. The molecular formula is C24H29BrN4O5S. The molecular weight excluding hydrogens is 536 g/mol. The van der Waals surface area contributed by atoms with Gasteiger partial charge in [0, 0.05) is 30.7 Å². The van der Waals surface area contributed by atoms with Crippen LogP contribution in [0.2, 0.25) is 0 Å². The summed E-state index contributed by atoms with van der Waals surface area (Å²) in [7, 11) is -2.07. The fraction of sp³-hybridized carbons (Fsp3) is 0.375.